The van der Waals surface area contributed by atoms with Crippen LogP contribution < -0.4 is 4.74 Å². The molecule has 0 spiro atoms. The van der Waals surface area contributed by atoms with E-state index in [1.807, 2.05) is 30.3 Å². The Labute approximate surface area is 133 Å². The highest BCUT2D eigenvalue weighted by Crippen LogP contribution is 2.28. The Morgan fingerprint density at radius 3 is 2.58 bits per heavy atom. The molecule has 0 aliphatic rings. The molecule has 0 radical (unpaired) electrons. The van der Waals surface area contributed by atoms with E-state index in [2.05, 4.69) is 43.5 Å². The maximum Gasteiger partial charge on any atom is 0.132 e. The molecule has 0 atom stereocenters. The number of ether oxygens (including phenoxy) is 1. The van der Waals surface area contributed by atoms with Gasteiger partial charge >= 0.3 is 0 Å². The Morgan fingerprint density at radius 2 is 1.95 bits per heavy atom. The van der Waals surface area contributed by atoms with E-state index in [1.54, 1.807) is 19.4 Å². The van der Waals surface area contributed by atoms with E-state index >= 15 is 0 Å². The molecule has 5 heteroatoms. The molecule has 0 aliphatic carbocycles. The molecule has 0 amide bonds. The van der Waals surface area contributed by atoms with E-state index in [1.165, 1.54) is 0 Å². The second kappa shape index (κ2) is 6.38. The van der Waals surface area contributed by atoms with Gasteiger partial charge in [0, 0.05) is 22.3 Å². The molecule has 1 N–H and O–H groups in total. The Morgan fingerprint density at radius 1 is 1.26 bits per heavy atom. The summed E-state index contributed by atoms with van der Waals surface area (Å²) in [6.07, 6.45) is 1.73. The molecule has 0 saturated heterocycles. The lowest BCUT2D eigenvalue weighted by atomic mass is 10.2. The van der Waals surface area contributed by atoms with Crippen molar-refractivity contribution in [3.05, 3.63) is 50.0 Å². The van der Waals surface area contributed by atoms with Crippen LogP contribution in [0.25, 0.3) is 0 Å². The van der Waals surface area contributed by atoms with Crippen LogP contribution in [0.5, 0.6) is 11.5 Å². The number of methoxy groups -OCH3 is 1. The second-order valence-electron chi connectivity index (χ2n) is 3.78. The van der Waals surface area contributed by atoms with Gasteiger partial charge in [-0.15, -0.1) is 0 Å². The zero-order valence-corrected chi connectivity index (χ0v) is 13.8. The largest absolute Gasteiger partial charge is 0.507 e. The van der Waals surface area contributed by atoms with Gasteiger partial charge in [-0.05, 0) is 52.9 Å². The quantitative estimate of drug-likeness (QED) is 0.573. The van der Waals surface area contributed by atoms with Crippen LogP contribution in [0.1, 0.15) is 5.56 Å². The Hall–Kier alpha value is -1.08. The number of nitrogens with zero attached hydrogens (tertiary/aromatic N) is 1. The van der Waals surface area contributed by atoms with Gasteiger partial charge in [-0.1, -0.05) is 15.9 Å². The molecule has 19 heavy (non-hydrogen) atoms. The van der Waals surface area contributed by atoms with Crippen molar-refractivity contribution in [3.63, 3.8) is 0 Å². The van der Waals surface area contributed by atoms with Crippen LogP contribution in [-0.2, 0) is 0 Å². The summed E-state index contributed by atoms with van der Waals surface area (Å²) < 4.78 is 7.00. The fourth-order valence-electron chi connectivity index (χ4n) is 1.51. The number of aliphatic imine (C=N–C) groups is 1. The Kier molecular flexibility index (Phi) is 4.81. The van der Waals surface area contributed by atoms with Crippen molar-refractivity contribution in [2.24, 2.45) is 4.99 Å². The molecule has 98 valence electrons. The van der Waals surface area contributed by atoms with Gasteiger partial charge in [0.05, 0.1) is 16.4 Å². The van der Waals surface area contributed by atoms with Gasteiger partial charge in [-0.25, -0.2) is 0 Å². The molecule has 0 aromatic heterocycles. The smallest absolute Gasteiger partial charge is 0.132 e. The predicted molar refractivity (Wildman–Crippen MR) is 88.8 cm³/mol. The van der Waals surface area contributed by atoms with Crippen LogP contribution in [-0.4, -0.2) is 18.4 Å². The minimum absolute atomic E-state index is 0.207. The molecule has 2 aromatic rings. The first-order valence-electron chi connectivity index (χ1n) is 5.46. The fourth-order valence-corrected chi connectivity index (χ4v) is 2.26. The number of hydrogen-bond acceptors (Lipinski definition) is 3. The van der Waals surface area contributed by atoms with Crippen molar-refractivity contribution >= 4 is 50.4 Å². The van der Waals surface area contributed by atoms with Gasteiger partial charge in [0.15, 0.2) is 0 Å². The highest BCUT2D eigenvalue weighted by Gasteiger charge is 2.06. The van der Waals surface area contributed by atoms with Gasteiger partial charge in [0.25, 0.3) is 0 Å². The van der Waals surface area contributed by atoms with E-state index in [0.29, 0.717) is 5.75 Å². The minimum atomic E-state index is 0.207. The number of benzene rings is 2. The van der Waals surface area contributed by atoms with E-state index < -0.39 is 0 Å². The predicted octanol–water partition coefficient (Wildman–Crippen LogP) is 4.52. The molecule has 0 heterocycles. The van der Waals surface area contributed by atoms with Crippen LogP contribution in [0.2, 0.25) is 0 Å². The maximum atomic E-state index is 9.63. The standard InChI is InChI=1S/C14H11BrINO2/c1-19-14-7-13(18)12(16)6-9(14)8-17-11-4-2-10(15)3-5-11/h2-8,18H,1H3. The third-order valence-electron chi connectivity index (χ3n) is 2.48. The molecule has 3 nitrogen and oxygen atoms in total. The lowest BCUT2D eigenvalue weighted by Gasteiger charge is -2.06. The maximum absolute atomic E-state index is 9.63. The monoisotopic (exact) mass is 431 g/mol. The summed E-state index contributed by atoms with van der Waals surface area (Å²) in [6, 6.07) is 11.1. The molecule has 0 unspecified atom stereocenters. The van der Waals surface area contributed by atoms with Gasteiger partial charge in [0.2, 0.25) is 0 Å². The summed E-state index contributed by atoms with van der Waals surface area (Å²) in [6.45, 7) is 0. The van der Waals surface area contributed by atoms with Crippen LogP contribution in [0.4, 0.5) is 5.69 Å². The van der Waals surface area contributed by atoms with E-state index in [0.717, 1.165) is 19.3 Å². The number of hydrogen-bond donors (Lipinski definition) is 1. The number of rotatable bonds is 3. The first kappa shape index (κ1) is 14.3. The normalized spacial score (nSPS) is 10.9. The molecular formula is C14H11BrINO2. The van der Waals surface area contributed by atoms with Crippen molar-refractivity contribution in [1.82, 2.24) is 0 Å². The van der Waals surface area contributed by atoms with Crippen molar-refractivity contribution in [2.45, 2.75) is 0 Å². The Bertz CT molecular complexity index is 612. The summed E-state index contributed by atoms with van der Waals surface area (Å²) in [7, 11) is 1.57. The van der Waals surface area contributed by atoms with Crippen LogP contribution in [0.15, 0.2) is 45.9 Å². The van der Waals surface area contributed by atoms with E-state index in [-0.39, 0.29) is 5.75 Å². The topological polar surface area (TPSA) is 41.8 Å². The SMILES string of the molecule is COc1cc(O)c(I)cc1C=Nc1ccc(Br)cc1. The molecule has 0 saturated carbocycles. The van der Waals surface area contributed by atoms with Crippen LogP contribution in [0, 0.1) is 3.57 Å². The highest BCUT2D eigenvalue weighted by molar-refractivity contribution is 14.1. The molecular weight excluding hydrogens is 421 g/mol. The number of phenols is 1. The first-order chi connectivity index (χ1) is 9.10. The van der Waals surface area contributed by atoms with Gasteiger partial charge in [-0.3, -0.25) is 4.99 Å². The molecule has 0 aliphatic heterocycles. The summed E-state index contributed by atoms with van der Waals surface area (Å²) in [5, 5.41) is 9.63. The Balaban J connectivity index is 2.32. The number of halogens is 2. The first-order valence-corrected chi connectivity index (χ1v) is 7.33. The van der Waals surface area contributed by atoms with Gasteiger partial charge < -0.3 is 9.84 Å². The van der Waals surface area contributed by atoms with Crippen LogP contribution >= 0.6 is 38.5 Å². The zero-order chi connectivity index (χ0) is 13.8. The third-order valence-corrected chi connectivity index (χ3v) is 3.87. The van der Waals surface area contributed by atoms with E-state index in [4.69, 9.17) is 4.74 Å². The number of aromatic hydroxyl groups is 1. The zero-order valence-electron chi connectivity index (χ0n) is 10.1. The summed E-state index contributed by atoms with van der Waals surface area (Å²) >= 11 is 5.45. The lowest BCUT2D eigenvalue weighted by Crippen LogP contribution is -1.92. The summed E-state index contributed by atoms with van der Waals surface area (Å²) in [5.41, 5.74) is 1.68. The number of phenolic OH excluding ortho intramolecular Hbond substituents is 1. The molecule has 0 bridgehead atoms. The highest BCUT2D eigenvalue weighted by atomic mass is 127. The summed E-state index contributed by atoms with van der Waals surface area (Å²) in [4.78, 5) is 4.39. The minimum Gasteiger partial charge on any atom is -0.507 e. The van der Waals surface area contributed by atoms with Crippen molar-refractivity contribution < 1.29 is 9.84 Å². The third kappa shape index (κ3) is 3.70. The van der Waals surface area contributed by atoms with Gasteiger partial charge in [-0.2, -0.15) is 0 Å². The molecule has 0 fully saturated rings. The molecule has 2 rings (SSSR count). The summed E-state index contributed by atoms with van der Waals surface area (Å²) in [5.74, 6) is 0.803. The van der Waals surface area contributed by atoms with Crippen LogP contribution in [0.3, 0.4) is 0 Å². The lowest BCUT2D eigenvalue weighted by molar-refractivity contribution is 0.406. The van der Waals surface area contributed by atoms with Gasteiger partial charge in [0.1, 0.15) is 11.5 Å². The van der Waals surface area contributed by atoms with Crippen molar-refractivity contribution in [1.29, 1.82) is 0 Å². The van der Waals surface area contributed by atoms with Crippen molar-refractivity contribution in [3.8, 4) is 11.5 Å². The average Bonchev–Trinajstić information content (AvgIpc) is 2.41. The average molecular weight is 432 g/mol. The fraction of sp³-hybridized carbons (Fsp3) is 0.0714. The second-order valence-corrected chi connectivity index (χ2v) is 5.86. The van der Waals surface area contributed by atoms with Crippen molar-refractivity contribution in [2.75, 3.05) is 7.11 Å². The van der Waals surface area contributed by atoms with E-state index in [9.17, 15) is 5.11 Å². The molecule has 2 aromatic carbocycles.